The van der Waals surface area contributed by atoms with Crippen molar-refractivity contribution in [2.75, 3.05) is 13.1 Å². The number of aromatic nitrogens is 2. The van der Waals surface area contributed by atoms with Gasteiger partial charge in [-0.2, -0.15) is 22.0 Å². The molecule has 1 spiro atoms. The van der Waals surface area contributed by atoms with Gasteiger partial charge < -0.3 is 5.32 Å². The minimum atomic E-state index is -4.62. The molecule has 0 unspecified atom stereocenters. The smallest absolute Gasteiger partial charge is 0.316 e. The summed E-state index contributed by atoms with van der Waals surface area (Å²) < 4.78 is 65.2. The summed E-state index contributed by atoms with van der Waals surface area (Å²) in [6, 6.07) is 0. The summed E-state index contributed by atoms with van der Waals surface area (Å²) >= 11 is 0. The molecule has 1 aromatic rings. The van der Waals surface area contributed by atoms with Crippen LogP contribution in [0.3, 0.4) is 0 Å². The van der Waals surface area contributed by atoms with Crippen molar-refractivity contribution in [3.63, 3.8) is 0 Å². The number of rotatable bonds is 2. The third kappa shape index (κ3) is 2.06. The largest absolute Gasteiger partial charge is 0.419 e. The molecule has 1 aromatic heterocycles. The second-order valence-electron chi connectivity index (χ2n) is 5.62. The molecule has 110 valence electrons. The van der Waals surface area contributed by atoms with Crippen molar-refractivity contribution in [1.29, 1.82) is 0 Å². The number of nitrogens with zero attached hydrogens (tertiary/aromatic N) is 2. The first-order valence-corrected chi connectivity index (χ1v) is 6.21. The number of hydrogen-bond donors (Lipinski definition) is 1. The Balaban J connectivity index is 1.74. The third-order valence-electron chi connectivity index (χ3n) is 4.15. The molecular formula is C12H12F5N3. The Hall–Kier alpha value is -1.31. The summed E-state index contributed by atoms with van der Waals surface area (Å²) in [6.07, 6.45) is -3.08. The van der Waals surface area contributed by atoms with Crippen molar-refractivity contribution < 1.29 is 22.0 Å². The van der Waals surface area contributed by atoms with Crippen LogP contribution in [0.4, 0.5) is 22.0 Å². The van der Waals surface area contributed by atoms with E-state index >= 15 is 0 Å². The van der Waals surface area contributed by atoms with E-state index in [2.05, 4.69) is 15.3 Å². The minimum Gasteiger partial charge on any atom is -0.316 e. The Morgan fingerprint density at radius 2 is 1.60 bits per heavy atom. The summed E-state index contributed by atoms with van der Waals surface area (Å²) in [7, 11) is 0. The molecule has 0 radical (unpaired) electrons. The summed E-state index contributed by atoms with van der Waals surface area (Å²) in [5.74, 6) is -4.98. The van der Waals surface area contributed by atoms with Crippen LogP contribution >= 0.6 is 0 Å². The Morgan fingerprint density at radius 3 is 2.00 bits per heavy atom. The second-order valence-corrected chi connectivity index (χ2v) is 5.62. The Labute approximate surface area is 111 Å². The van der Waals surface area contributed by atoms with Gasteiger partial charge in [0.2, 0.25) is 0 Å². The monoisotopic (exact) mass is 293 g/mol. The highest BCUT2D eigenvalue weighted by molar-refractivity contribution is 5.14. The number of halogens is 5. The van der Waals surface area contributed by atoms with Gasteiger partial charge in [-0.3, -0.25) is 0 Å². The highest BCUT2D eigenvalue weighted by Crippen LogP contribution is 2.56. The zero-order valence-electron chi connectivity index (χ0n) is 10.3. The minimum absolute atomic E-state index is 0.0417. The van der Waals surface area contributed by atoms with E-state index in [9.17, 15) is 22.0 Å². The second kappa shape index (κ2) is 4.09. The number of alkyl halides is 5. The maximum atomic E-state index is 14.1. The van der Waals surface area contributed by atoms with E-state index in [0.717, 1.165) is 13.1 Å². The van der Waals surface area contributed by atoms with Crippen molar-refractivity contribution in [2.24, 2.45) is 11.3 Å². The van der Waals surface area contributed by atoms with Crippen LogP contribution in [0.5, 0.6) is 0 Å². The normalized spacial score (nSPS) is 22.4. The van der Waals surface area contributed by atoms with Crippen LogP contribution in [-0.2, 0) is 12.1 Å². The van der Waals surface area contributed by atoms with Crippen LogP contribution < -0.4 is 5.32 Å². The molecule has 0 aromatic carbocycles. The summed E-state index contributed by atoms with van der Waals surface area (Å²) in [4.78, 5) is 6.43. The number of nitrogens with one attached hydrogen (secondary N) is 1. The molecule has 1 aliphatic heterocycles. The topological polar surface area (TPSA) is 37.8 Å². The fraction of sp³-hybridized carbons (Fsp3) is 0.667. The van der Waals surface area contributed by atoms with E-state index in [4.69, 9.17) is 0 Å². The molecule has 1 saturated carbocycles. The number of hydrogen-bond acceptors (Lipinski definition) is 3. The maximum Gasteiger partial charge on any atom is 0.419 e. The average molecular weight is 293 g/mol. The Bertz CT molecular complexity index is 499. The predicted octanol–water partition coefficient (Wildman–Crippen LogP) is 2.59. The molecule has 3 nitrogen and oxygen atoms in total. The van der Waals surface area contributed by atoms with Gasteiger partial charge in [-0.15, -0.1) is 0 Å². The summed E-state index contributed by atoms with van der Waals surface area (Å²) in [5, 5.41) is 3.04. The molecule has 2 heterocycles. The van der Waals surface area contributed by atoms with Crippen LogP contribution in [0.1, 0.15) is 24.2 Å². The fourth-order valence-corrected chi connectivity index (χ4v) is 2.84. The summed E-state index contributed by atoms with van der Waals surface area (Å²) in [6.45, 7) is 1.46. The molecule has 0 atom stereocenters. The molecule has 1 N–H and O–H groups in total. The molecule has 0 amide bonds. The van der Waals surface area contributed by atoms with Crippen molar-refractivity contribution >= 4 is 0 Å². The van der Waals surface area contributed by atoms with Gasteiger partial charge in [0, 0.05) is 31.4 Å². The van der Waals surface area contributed by atoms with E-state index in [0.29, 0.717) is 25.2 Å². The molecule has 1 saturated heterocycles. The maximum absolute atomic E-state index is 14.1. The van der Waals surface area contributed by atoms with Crippen LogP contribution in [0.2, 0.25) is 0 Å². The molecule has 1 aliphatic carbocycles. The summed E-state index contributed by atoms with van der Waals surface area (Å²) in [5.41, 5.74) is -1.16. The Morgan fingerprint density at radius 1 is 1.05 bits per heavy atom. The Kier molecular flexibility index (Phi) is 2.80. The highest BCUT2D eigenvalue weighted by atomic mass is 19.4. The van der Waals surface area contributed by atoms with Crippen molar-refractivity contribution in [3.05, 3.63) is 23.8 Å². The zero-order valence-corrected chi connectivity index (χ0v) is 10.3. The van der Waals surface area contributed by atoms with E-state index in [-0.39, 0.29) is 5.41 Å². The van der Waals surface area contributed by atoms with Crippen LogP contribution in [0, 0.1) is 11.3 Å². The van der Waals surface area contributed by atoms with Gasteiger partial charge >= 0.3 is 12.1 Å². The van der Waals surface area contributed by atoms with Crippen LogP contribution in [0.15, 0.2) is 12.4 Å². The average Bonchev–Trinajstić information content (AvgIpc) is 2.24. The van der Waals surface area contributed by atoms with Crippen molar-refractivity contribution in [3.8, 4) is 0 Å². The van der Waals surface area contributed by atoms with Gasteiger partial charge in [0.1, 0.15) is 0 Å². The molecule has 8 heteroatoms. The fourth-order valence-electron chi connectivity index (χ4n) is 2.84. The van der Waals surface area contributed by atoms with E-state index in [1.165, 1.54) is 0 Å². The highest BCUT2D eigenvalue weighted by Gasteiger charge is 2.59. The molecule has 2 aliphatic rings. The third-order valence-corrected chi connectivity index (χ3v) is 4.15. The van der Waals surface area contributed by atoms with Crippen molar-refractivity contribution in [2.45, 2.75) is 24.9 Å². The van der Waals surface area contributed by atoms with Gasteiger partial charge in [-0.25, -0.2) is 9.97 Å². The first-order chi connectivity index (χ1) is 9.23. The lowest BCUT2D eigenvalue weighted by molar-refractivity contribution is -0.161. The van der Waals surface area contributed by atoms with Crippen LogP contribution in [0.25, 0.3) is 0 Å². The molecule has 20 heavy (non-hydrogen) atoms. The quantitative estimate of drug-likeness (QED) is 0.852. The van der Waals surface area contributed by atoms with Gasteiger partial charge in [-0.05, 0) is 18.3 Å². The van der Waals surface area contributed by atoms with Gasteiger partial charge in [0.15, 0.2) is 5.82 Å². The predicted molar refractivity (Wildman–Crippen MR) is 59.0 cm³/mol. The molecule has 3 rings (SSSR count). The van der Waals surface area contributed by atoms with Crippen molar-refractivity contribution in [1.82, 2.24) is 15.3 Å². The standard InChI is InChI=1S/C12H12F5N3/c13-11(14,7-1-10(2-7)5-18-6-10)9-19-3-8(4-20-9)12(15,16)17/h3-4,7,18H,1-2,5-6H2. The molecular weight excluding hydrogens is 281 g/mol. The molecule has 0 bridgehead atoms. The lowest BCUT2D eigenvalue weighted by Gasteiger charge is -2.55. The van der Waals surface area contributed by atoms with Crippen LogP contribution in [-0.4, -0.2) is 23.1 Å². The van der Waals surface area contributed by atoms with Gasteiger partial charge in [-0.1, -0.05) is 0 Å². The lowest BCUT2D eigenvalue weighted by Crippen LogP contribution is -2.62. The SMILES string of the molecule is FC(F)(F)c1cnc(C(F)(F)C2CC3(CNC3)C2)nc1. The zero-order chi connectivity index (χ0) is 14.6. The first-order valence-electron chi connectivity index (χ1n) is 6.21. The van der Waals surface area contributed by atoms with E-state index in [1.54, 1.807) is 0 Å². The van der Waals surface area contributed by atoms with E-state index < -0.39 is 29.4 Å². The first kappa shape index (κ1) is 13.7. The van der Waals surface area contributed by atoms with Gasteiger partial charge in [0.25, 0.3) is 0 Å². The van der Waals surface area contributed by atoms with E-state index in [1.807, 2.05) is 0 Å². The molecule has 2 fully saturated rings. The lowest BCUT2D eigenvalue weighted by atomic mass is 9.57. The van der Waals surface area contributed by atoms with Gasteiger partial charge in [0.05, 0.1) is 5.56 Å².